The van der Waals surface area contributed by atoms with Gasteiger partial charge in [-0.1, -0.05) is 19.1 Å². The SMILES string of the molecule is CC(CNC(=O)c1ccccc1N)CN1CCOCC1. The van der Waals surface area contributed by atoms with Crippen LogP contribution in [0.3, 0.4) is 0 Å². The van der Waals surface area contributed by atoms with Crippen LogP contribution >= 0.6 is 0 Å². The summed E-state index contributed by atoms with van der Waals surface area (Å²) in [7, 11) is 0. The minimum atomic E-state index is -0.100. The molecule has 1 atom stereocenters. The molecule has 1 heterocycles. The second kappa shape index (κ2) is 7.26. The Balaban J connectivity index is 1.76. The summed E-state index contributed by atoms with van der Waals surface area (Å²) in [5, 5.41) is 2.95. The predicted molar refractivity (Wildman–Crippen MR) is 79.6 cm³/mol. The van der Waals surface area contributed by atoms with E-state index in [0.717, 1.165) is 32.8 Å². The minimum absolute atomic E-state index is 0.100. The van der Waals surface area contributed by atoms with E-state index in [-0.39, 0.29) is 5.91 Å². The van der Waals surface area contributed by atoms with Crippen molar-refractivity contribution in [3.05, 3.63) is 29.8 Å². The van der Waals surface area contributed by atoms with Gasteiger partial charge >= 0.3 is 0 Å². The number of ether oxygens (including phenoxy) is 1. The normalized spacial score (nSPS) is 17.6. The first kappa shape index (κ1) is 14.8. The van der Waals surface area contributed by atoms with Gasteiger partial charge in [0.2, 0.25) is 0 Å². The molecule has 0 aromatic heterocycles. The van der Waals surface area contributed by atoms with Crippen molar-refractivity contribution in [2.45, 2.75) is 6.92 Å². The number of nitrogen functional groups attached to an aromatic ring is 1. The van der Waals surface area contributed by atoms with Gasteiger partial charge in [0.05, 0.1) is 18.8 Å². The smallest absolute Gasteiger partial charge is 0.253 e. The molecule has 1 saturated heterocycles. The van der Waals surface area contributed by atoms with Crippen molar-refractivity contribution in [1.82, 2.24) is 10.2 Å². The van der Waals surface area contributed by atoms with Crippen LogP contribution in [-0.2, 0) is 4.74 Å². The Hall–Kier alpha value is -1.59. The number of morpholine rings is 1. The van der Waals surface area contributed by atoms with E-state index in [4.69, 9.17) is 10.5 Å². The van der Waals surface area contributed by atoms with E-state index in [0.29, 0.717) is 23.7 Å². The second-order valence-corrected chi connectivity index (χ2v) is 5.32. The summed E-state index contributed by atoms with van der Waals surface area (Å²) in [5.41, 5.74) is 6.86. The molecule has 20 heavy (non-hydrogen) atoms. The van der Waals surface area contributed by atoms with Crippen molar-refractivity contribution in [3.8, 4) is 0 Å². The van der Waals surface area contributed by atoms with Gasteiger partial charge in [0.25, 0.3) is 5.91 Å². The molecular formula is C15H23N3O2. The first-order chi connectivity index (χ1) is 9.66. The number of para-hydroxylation sites is 1. The van der Waals surface area contributed by atoms with Crippen molar-refractivity contribution in [2.75, 3.05) is 45.1 Å². The Morgan fingerprint density at radius 3 is 2.80 bits per heavy atom. The first-order valence-electron chi connectivity index (χ1n) is 7.09. The molecule has 1 fully saturated rings. The molecule has 1 aliphatic heterocycles. The largest absolute Gasteiger partial charge is 0.398 e. The molecule has 1 aromatic rings. The van der Waals surface area contributed by atoms with E-state index in [9.17, 15) is 4.79 Å². The molecule has 0 saturated carbocycles. The average Bonchev–Trinajstić information content (AvgIpc) is 2.46. The fourth-order valence-electron chi connectivity index (χ4n) is 2.36. The highest BCUT2D eigenvalue weighted by Gasteiger charge is 2.15. The quantitative estimate of drug-likeness (QED) is 0.787. The van der Waals surface area contributed by atoms with Crippen LogP contribution in [0.25, 0.3) is 0 Å². The first-order valence-corrected chi connectivity index (χ1v) is 7.09. The Morgan fingerprint density at radius 1 is 1.40 bits per heavy atom. The zero-order valence-electron chi connectivity index (χ0n) is 12.0. The van der Waals surface area contributed by atoms with Crippen LogP contribution in [-0.4, -0.2) is 50.2 Å². The van der Waals surface area contributed by atoms with Crippen molar-refractivity contribution in [2.24, 2.45) is 5.92 Å². The van der Waals surface area contributed by atoms with Crippen LogP contribution in [0.5, 0.6) is 0 Å². The number of benzene rings is 1. The zero-order chi connectivity index (χ0) is 14.4. The lowest BCUT2D eigenvalue weighted by atomic mass is 10.1. The third-order valence-corrected chi connectivity index (χ3v) is 3.49. The van der Waals surface area contributed by atoms with Crippen LogP contribution in [0, 0.1) is 5.92 Å². The topological polar surface area (TPSA) is 67.6 Å². The van der Waals surface area contributed by atoms with E-state index in [1.54, 1.807) is 12.1 Å². The van der Waals surface area contributed by atoms with E-state index in [2.05, 4.69) is 17.1 Å². The molecule has 0 bridgehead atoms. The summed E-state index contributed by atoms with van der Waals surface area (Å²) in [6, 6.07) is 7.14. The molecule has 1 amide bonds. The summed E-state index contributed by atoms with van der Waals surface area (Å²) < 4.78 is 5.33. The molecular weight excluding hydrogens is 254 g/mol. The van der Waals surface area contributed by atoms with Gasteiger partial charge in [0, 0.05) is 31.9 Å². The lowest BCUT2D eigenvalue weighted by Crippen LogP contribution is -2.41. The third-order valence-electron chi connectivity index (χ3n) is 3.49. The Morgan fingerprint density at radius 2 is 2.10 bits per heavy atom. The molecule has 0 radical (unpaired) electrons. The number of nitrogens with zero attached hydrogens (tertiary/aromatic N) is 1. The van der Waals surface area contributed by atoms with Crippen molar-refractivity contribution in [1.29, 1.82) is 0 Å². The molecule has 1 unspecified atom stereocenters. The maximum atomic E-state index is 12.0. The van der Waals surface area contributed by atoms with Crippen LogP contribution < -0.4 is 11.1 Å². The van der Waals surface area contributed by atoms with Crippen molar-refractivity contribution < 1.29 is 9.53 Å². The number of amides is 1. The maximum Gasteiger partial charge on any atom is 0.253 e. The van der Waals surface area contributed by atoms with E-state index in [1.807, 2.05) is 12.1 Å². The lowest BCUT2D eigenvalue weighted by molar-refractivity contribution is 0.0317. The summed E-state index contributed by atoms with van der Waals surface area (Å²) in [6.07, 6.45) is 0. The third kappa shape index (κ3) is 4.21. The second-order valence-electron chi connectivity index (χ2n) is 5.32. The molecule has 110 valence electrons. The van der Waals surface area contributed by atoms with Gasteiger partial charge in [-0.25, -0.2) is 0 Å². The fraction of sp³-hybridized carbons (Fsp3) is 0.533. The monoisotopic (exact) mass is 277 g/mol. The highest BCUT2D eigenvalue weighted by atomic mass is 16.5. The average molecular weight is 277 g/mol. The predicted octanol–water partition coefficient (Wildman–Crippen LogP) is 0.967. The van der Waals surface area contributed by atoms with E-state index in [1.165, 1.54) is 0 Å². The van der Waals surface area contributed by atoms with Gasteiger partial charge < -0.3 is 15.8 Å². The molecule has 5 nitrogen and oxygen atoms in total. The number of rotatable bonds is 5. The van der Waals surface area contributed by atoms with Gasteiger partial charge in [-0.15, -0.1) is 0 Å². The van der Waals surface area contributed by atoms with Crippen LogP contribution in [0.15, 0.2) is 24.3 Å². The summed E-state index contributed by atoms with van der Waals surface area (Å²) >= 11 is 0. The molecule has 1 aliphatic rings. The Labute approximate surface area is 120 Å². The van der Waals surface area contributed by atoms with Crippen molar-refractivity contribution >= 4 is 11.6 Å². The summed E-state index contributed by atoms with van der Waals surface area (Å²) in [5.74, 6) is 0.305. The number of nitrogens with one attached hydrogen (secondary N) is 1. The van der Waals surface area contributed by atoms with Gasteiger partial charge in [0.15, 0.2) is 0 Å². The van der Waals surface area contributed by atoms with Crippen molar-refractivity contribution in [3.63, 3.8) is 0 Å². The molecule has 5 heteroatoms. The fourth-order valence-corrected chi connectivity index (χ4v) is 2.36. The number of nitrogens with two attached hydrogens (primary N) is 1. The van der Waals surface area contributed by atoms with Crippen LogP contribution in [0.2, 0.25) is 0 Å². The van der Waals surface area contributed by atoms with Gasteiger partial charge in [-0.3, -0.25) is 9.69 Å². The minimum Gasteiger partial charge on any atom is -0.398 e. The molecule has 1 aromatic carbocycles. The van der Waals surface area contributed by atoms with Crippen LogP contribution in [0.1, 0.15) is 17.3 Å². The highest BCUT2D eigenvalue weighted by Crippen LogP contribution is 2.10. The number of hydrogen-bond donors (Lipinski definition) is 2. The lowest BCUT2D eigenvalue weighted by Gasteiger charge is -2.29. The Kier molecular flexibility index (Phi) is 5.38. The van der Waals surface area contributed by atoms with Gasteiger partial charge in [-0.2, -0.15) is 0 Å². The standard InChI is InChI=1S/C15H23N3O2/c1-12(11-18-6-8-20-9-7-18)10-17-15(19)13-4-2-3-5-14(13)16/h2-5,12H,6-11,16H2,1H3,(H,17,19). The van der Waals surface area contributed by atoms with E-state index >= 15 is 0 Å². The van der Waals surface area contributed by atoms with Gasteiger partial charge in [0.1, 0.15) is 0 Å². The zero-order valence-corrected chi connectivity index (χ0v) is 12.0. The number of carbonyl (C=O) groups is 1. The number of anilines is 1. The van der Waals surface area contributed by atoms with E-state index < -0.39 is 0 Å². The molecule has 3 N–H and O–H groups in total. The van der Waals surface area contributed by atoms with Crippen LogP contribution in [0.4, 0.5) is 5.69 Å². The molecule has 0 aliphatic carbocycles. The summed E-state index contributed by atoms with van der Waals surface area (Å²) in [6.45, 7) is 7.34. The molecule has 2 rings (SSSR count). The number of carbonyl (C=O) groups excluding carboxylic acids is 1. The molecule has 0 spiro atoms. The van der Waals surface area contributed by atoms with Gasteiger partial charge in [-0.05, 0) is 18.1 Å². The Bertz CT molecular complexity index is 444. The maximum absolute atomic E-state index is 12.0. The summed E-state index contributed by atoms with van der Waals surface area (Å²) in [4.78, 5) is 14.4. The highest BCUT2D eigenvalue weighted by molar-refractivity contribution is 5.99. The number of hydrogen-bond acceptors (Lipinski definition) is 4.